The minimum absolute atomic E-state index is 0.273. The van der Waals surface area contributed by atoms with E-state index in [0.717, 1.165) is 6.54 Å². The molecule has 1 atom stereocenters. The smallest absolute Gasteiger partial charge is 0.0196 e. The van der Waals surface area contributed by atoms with Gasteiger partial charge < -0.3 is 4.90 Å². The van der Waals surface area contributed by atoms with Crippen LogP contribution >= 0.6 is 0 Å². The van der Waals surface area contributed by atoms with E-state index in [0.29, 0.717) is 6.04 Å². The molecule has 0 fully saturated rings. The van der Waals surface area contributed by atoms with E-state index < -0.39 is 0 Å². The Morgan fingerprint density at radius 3 is 1.75 bits per heavy atom. The van der Waals surface area contributed by atoms with Crippen molar-refractivity contribution >= 4 is 0 Å². The second-order valence-corrected chi connectivity index (χ2v) is 4.89. The van der Waals surface area contributed by atoms with Crippen molar-refractivity contribution < 1.29 is 0 Å². The third-order valence-corrected chi connectivity index (χ3v) is 2.35. The zero-order valence-electron chi connectivity index (χ0n) is 9.68. The summed E-state index contributed by atoms with van der Waals surface area (Å²) in [5.41, 5.74) is 0.273. The molecular weight excluding hydrogens is 148 g/mol. The molecule has 0 rings (SSSR count). The SMILES string of the molecule is CC(CN(C)C)N(C)C(C)(C)C. The lowest BCUT2D eigenvalue weighted by molar-refractivity contribution is 0.107. The van der Waals surface area contributed by atoms with Crippen LogP contribution in [-0.2, 0) is 0 Å². The second kappa shape index (κ2) is 4.24. The first-order chi connectivity index (χ1) is 5.25. The maximum absolute atomic E-state index is 2.41. The zero-order chi connectivity index (χ0) is 9.94. The summed E-state index contributed by atoms with van der Waals surface area (Å²) in [6.07, 6.45) is 0. The molecule has 0 aromatic rings. The van der Waals surface area contributed by atoms with E-state index in [2.05, 4.69) is 58.6 Å². The molecule has 0 aromatic carbocycles. The molecule has 0 saturated carbocycles. The van der Waals surface area contributed by atoms with Gasteiger partial charge in [-0.15, -0.1) is 0 Å². The Kier molecular flexibility index (Phi) is 4.21. The van der Waals surface area contributed by atoms with Crippen LogP contribution in [0.4, 0.5) is 0 Å². The molecule has 74 valence electrons. The Labute approximate surface area is 77.5 Å². The van der Waals surface area contributed by atoms with E-state index in [4.69, 9.17) is 0 Å². The molecule has 0 bridgehead atoms. The van der Waals surface area contributed by atoms with Gasteiger partial charge in [-0.05, 0) is 48.8 Å². The fourth-order valence-corrected chi connectivity index (χ4v) is 1.31. The van der Waals surface area contributed by atoms with Crippen LogP contribution in [0.2, 0.25) is 0 Å². The van der Waals surface area contributed by atoms with Crippen molar-refractivity contribution in [1.29, 1.82) is 0 Å². The predicted octanol–water partition coefficient (Wildman–Crippen LogP) is 1.67. The van der Waals surface area contributed by atoms with Crippen LogP contribution in [-0.4, -0.2) is 49.1 Å². The largest absolute Gasteiger partial charge is 0.308 e. The Morgan fingerprint density at radius 1 is 1.08 bits per heavy atom. The van der Waals surface area contributed by atoms with Gasteiger partial charge in [0.1, 0.15) is 0 Å². The first kappa shape index (κ1) is 11.9. The summed E-state index contributed by atoms with van der Waals surface area (Å²) in [5, 5.41) is 0. The van der Waals surface area contributed by atoms with Crippen LogP contribution in [0.15, 0.2) is 0 Å². The van der Waals surface area contributed by atoms with Crippen LogP contribution in [0.3, 0.4) is 0 Å². The maximum atomic E-state index is 2.41. The highest BCUT2D eigenvalue weighted by Gasteiger charge is 2.21. The molecule has 0 saturated heterocycles. The van der Waals surface area contributed by atoms with E-state index in [1.807, 2.05) is 0 Å². The predicted molar refractivity (Wildman–Crippen MR) is 55.5 cm³/mol. The van der Waals surface area contributed by atoms with E-state index in [9.17, 15) is 0 Å². The Morgan fingerprint density at radius 2 is 1.50 bits per heavy atom. The fourth-order valence-electron chi connectivity index (χ4n) is 1.31. The minimum atomic E-state index is 0.273. The van der Waals surface area contributed by atoms with E-state index in [1.54, 1.807) is 0 Å². The van der Waals surface area contributed by atoms with E-state index in [1.165, 1.54) is 0 Å². The molecule has 0 amide bonds. The summed E-state index contributed by atoms with van der Waals surface area (Å²) in [7, 11) is 6.42. The molecular formula is C10H24N2. The van der Waals surface area contributed by atoms with Crippen molar-refractivity contribution in [2.75, 3.05) is 27.7 Å². The van der Waals surface area contributed by atoms with Crippen LogP contribution in [0.25, 0.3) is 0 Å². The van der Waals surface area contributed by atoms with E-state index >= 15 is 0 Å². The molecule has 0 aliphatic rings. The van der Waals surface area contributed by atoms with E-state index in [-0.39, 0.29) is 5.54 Å². The Balaban J connectivity index is 4.01. The molecule has 0 spiro atoms. The highest BCUT2D eigenvalue weighted by Crippen LogP contribution is 2.14. The lowest BCUT2D eigenvalue weighted by Crippen LogP contribution is -2.47. The van der Waals surface area contributed by atoms with Crippen molar-refractivity contribution in [2.45, 2.75) is 39.3 Å². The summed E-state index contributed by atoms with van der Waals surface area (Å²) in [6, 6.07) is 0.611. The Hall–Kier alpha value is -0.0800. The third kappa shape index (κ3) is 4.07. The van der Waals surface area contributed by atoms with Crippen molar-refractivity contribution in [3.8, 4) is 0 Å². The highest BCUT2D eigenvalue weighted by atomic mass is 15.2. The summed E-state index contributed by atoms with van der Waals surface area (Å²) < 4.78 is 0. The highest BCUT2D eigenvalue weighted by molar-refractivity contribution is 4.78. The van der Waals surface area contributed by atoms with Crippen LogP contribution < -0.4 is 0 Å². The maximum Gasteiger partial charge on any atom is 0.0196 e. The van der Waals surface area contributed by atoms with Gasteiger partial charge in [0, 0.05) is 18.1 Å². The van der Waals surface area contributed by atoms with Crippen molar-refractivity contribution in [1.82, 2.24) is 9.80 Å². The minimum Gasteiger partial charge on any atom is -0.308 e. The summed E-state index contributed by atoms with van der Waals surface area (Å²) >= 11 is 0. The summed E-state index contributed by atoms with van der Waals surface area (Å²) in [4.78, 5) is 4.64. The van der Waals surface area contributed by atoms with Gasteiger partial charge in [0.15, 0.2) is 0 Å². The lowest BCUT2D eigenvalue weighted by Gasteiger charge is -2.38. The van der Waals surface area contributed by atoms with Crippen LogP contribution in [0.1, 0.15) is 27.7 Å². The van der Waals surface area contributed by atoms with Crippen LogP contribution in [0.5, 0.6) is 0 Å². The van der Waals surface area contributed by atoms with Gasteiger partial charge in [-0.25, -0.2) is 0 Å². The van der Waals surface area contributed by atoms with Crippen molar-refractivity contribution in [3.05, 3.63) is 0 Å². The second-order valence-electron chi connectivity index (χ2n) is 4.89. The van der Waals surface area contributed by atoms with Crippen LogP contribution in [0, 0.1) is 0 Å². The number of nitrogens with zero attached hydrogens (tertiary/aromatic N) is 2. The van der Waals surface area contributed by atoms with Gasteiger partial charge in [-0.1, -0.05) is 0 Å². The van der Waals surface area contributed by atoms with Gasteiger partial charge in [0.05, 0.1) is 0 Å². The molecule has 1 unspecified atom stereocenters. The molecule has 0 radical (unpaired) electrons. The normalized spacial score (nSPS) is 15.8. The molecule has 2 heteroatoms. The number of hydrogen-bond acceptors (Lipinski definition) is 2. The topological polar surface area (TPSA) is 6.48 Å². The first-order valence-corrected chi connectivity index (χ1v) is 4.63. The Bertz CT molecular complexity index is 124. The molecule has 0 aliphatic heterocycles. The quantitative estimate of drug-likeness (QED) is 0.639. The molecule has 2 nitrogen and oxygen atoms in total. The first-order valence-electron chi connectivity index (χ1n) is 4.63. The third-order valence-electron chi connectivity index (χ3n) is 2.35. The average Bonchev–Trinajstić information content (AvgIpc) is 1.82. The monoisotopic (exact) mass is 172 g/mol. The lowest BCUT2D eigenvalue weighted by atomic mass is 10.0. The van der Waals surface area contributed by atoms with Gasteiger partial charge in [-0.3, -0.25) is 4.90 Å². The van der Waals surface area contributed by atoms with Gasteiger partial charge in [-0.2, -0.15) is 0 Å². The van der Waals surface area contributed by atoms with Crippen molar-refractivity contribution in [3.63, 3.8) is 0 Å². The number of likely N-dealkylation sites (N-methyl/N-ethyl adjacent to an activating group) is 2. The standard InChI is InChI=1S/C10H24N2/c1-9(8-11(5)6)12(7)10(2,3)4/h9H,8H2,1-7H3. The molecule has 0 aromatic heterocycles. The number of rotatable bonds is 3. The fraction of sp³-hybridized carbons (Fsp3) is 1.00. The molecule has 0 N–H and O–H groups in total. The van der Waals surface area contributed by atoms with Gasteiger partial charge >= 0.3 is 0 Å². The zero-order valence-corrected chi connectivity index (χ0v) is 9.68. The molecule has 0 aliphatic carbocycles. The van der Waals surface area contributed by atoms with Gasteiger partial charge in [0.25, 0.3) is 0 Å². The van der Waals surface area contributed by atoms with Crippen molar-refractivity contribution in [2.24, 2.45) is 0 Å². The average molecular weight is 172 g/mol. The summed E-state index contributed by atoms with van der Waals surface area (Å²) in [6.45, 7) is 10.1. The molecule has 12 heavy (non-hydrogen) atoms. The number of hydrogen-bond donors (Lipinski definition) is 0. The van der Waals surface area contributed by atoms with Gasteiger partial charge in [0.2, 0.25) is 0 Å². The summed E-state index contributed by atoms with van der Waals surface area (Å²) in [5.74, 6) is 0. The molecule has 0 heterocycles.